The molecule has 6 nitrogen and oxygen atoms in total. The van der Waals surface area contributed by atoms with Crippen LogP contribution in [-0.4, -0.2) is 44.8 Å². The van der Waals surface area contributed by atoms with E-state index in [1.165, 1.54) is 0 Å². The van der Waals surface area contributed by atoms with Gasteiger partial charge in [-0.1, -0.05) is 66.2 Å². The van der Waals surface area contributed by atoms with Crippen LogP contribution in [0.25, 0.3) is 11.3 Å². The number of halogens is 1. The first-order chi connectivity index (χ1) is 17.6. The van der Waals surface area contributed by atoms with E-state index >= 15 is 0 Å². The van der Waals surface area contributed by atoms with E-state index in [0.717, 1.165) is 39.8 Å². The van der Waals surface area contributed by atoms with Gasteiger partial charge in [0.05, 0.1) is 18.8 Å². The third-order valence-electron chi connectivity index (χ3n) is 6.78. The number of ether oxygens (including phenoxy) is 1. The monoisotopic (exact) mass is 496 g/mol. The van der Waals surface area contributed by atoms with Gasteiger partial charge in [0.1, 0.15) is 23.5 Å². The lowest BCUT2D eigenvalue weighted by Gasteiger charge is -2.39. The van der Waals surface area contributed by atoms with Crippen LogP contribution in [0.5, 0.6) is 5.75 Å². The minimum atomic E-state index is -0.231. The zero-order chi connectivity index (χ0) is 24.6. The standard InChI is InChI=1S/C29H25ClN4O2/c1-19-31-32-29-21(16-28(35)33-17-24(18-33)36-23-7-3-2-4-8-23)15-26(20-11-13-22(30)14-12-20)25-9-5-6-10-27(25)34(19)29/h2-15,21,24H,16-18H2,1H3/t21-/m1/s1. The number of carbonyl (C=O) groups excluding carboxylic acids is 1. The lowest BCUT2D eigenvalue weighted by Crippen LogP contribution is -2.56. The molecular formula is C29H25ClN4O2. The highest BCUT2D eigenvalue weighted by molar-refractivity contribution is 6.30. The van der Waals surface area contributed by atoms with Crippen LogP contribution in [0.2, 0.25) is 5.02 Å². The van der Waals surface area contributed by atoms with Crippen molar-refractivity contribution in [2.75, 3.05) is 13.1 Å². The van der Waals surface area contributed by atoms with Crippen LogP contribution >= 0.6 is 11.6 Å². The number of allylic oxidation sites excluding steroid dienone is 1. The number of hydrogen-bond donors (Lipinski definition) is 0. The first-order valence-electron chi connectivity index (χ1n) is 12.1. The van der Waals surface area contributed by atoms with Crippen LogP contribution < -0.4 is 4.74 Å². The minimum absolute atomic E-state index is 0.0146. The fourth-order valence-corrected chi connectivity index (χ4v) is 5.06. The quantitative estimate of drug-likeness (QED) is 0.369. The predicted octanol–water partition coefficient (Wildman–Crippen LogP) is 5.44. The number of amides is 1. The van der Waals surface area contributed by atoms with E-state index in [0.29, 0.717) is 24.5 Å². The Balaban J connectivity index is 1.30. The van der Waals surface area contributed by atoms with Gasteiger partial charge < -0.3 is 9.64 Å². The van der Waals surface area contributed by atoms with Crippen LogP contribution in [-0.2, 0) is 4.79 Å². The summed E-state index contributed by atoms with van der Waals surface area (Å²) in [7, 11) is 0. The molecule has 1 aromatic heterocycles. The van der Waals surface area contributed by atoms with Crippen LogP contribution in [0.15, 0.2) is 84.9 Å². The van der Waals surface area contributed by atoms with Gasteiger partial charge in [-0.25, -0.2) is 0 Å². The Labute approximate surface area is 214 Å². The Hall–Kier alpha value is -3.90. The van der Waals surface area contributed by atoms with Gasteiger partial charge in [0.15, 0.2) is 0 Å². The molecule has 0 N–H and O–H groups in total. The Morgan fingerprint density at radius 2 is 1.69 bits per heavy atom. The number of benzene rings is 3. The number of rotatable bonds is 5. The predicted molar refractivity (Wildman–Crippen MR) is 139 cm³/mol. The summed E-state index contributed by atoms with van der Waals surface area (Å²) in [5, 5.41) is 9.57. The third kappa shape index (κ3) is 4.18. The summed E-state index contributed by atoms with van der Waals surface area (Å²) < 4.78 is 8.06. The molecule has 1 atom stereocenters. The highest BCUT2D eigenvalue weighted by Crippen LogP contribution is 2.38. The molecule has 3 heterocycles. The van der Waals surface area contributed by atoms with Crippen LogP contribution in [0.1, 0.15) is 35.1 Å². The van der Waals surface area contributed by atoms with Crippen molar-refractivity contribution in [1.29, 1.82) is 0 Å². The van der Waals surface area contributed by atoms with Gasteiger partial charge in [-0.2, -0.15) is 0 Å². The molecule has 0 spiro atoms. The average Bonchev–Trinajstić information content (AvgIpc) is 3.19. The number of para-hydroxylation sites is 2. The second-order valence-corrected chi connectivity index (χ2v) is 9.64. The molecule has 6 rings (SSSR count). The van der Waals surface area contributed by atoms with Crippen LogP contribution in [0, 0.1) is 6.92 Å². The molecular weight excluding hydrogens is 472 g/mol. The molecule has 0 unspecified atom stereocenters. The summed E-state index contributed by atoms with van der Waals surface area (Å²) in [4.78, 5) is 15.2. The van der Waals surface area contributed by atoms with E-state index in [4.69, 9.17) is 16.3 Å². The smallest absolute Gasteiger partial charge is 0.223 e. The fourth-order valence-electron chi connectivity index (χ4n) is 4.93. The number of fused-ring (bicyclic) bond motifs is 3. The van der Waals surface area contributed by atoms with Crippen molar-refractivity contribution in [3.8, 4) is 11.4 Å². The zero-order valence-corrected chi connectivity index (χ0v) is 20.6. The number of aromatic nitrogens is 3. The van der Waals surface area contributed by atoms with Crippen molar-refractivity contribution in [3.05, 3.63) is 113 Å². The van der Waals surface area contributed by atoms with E-state index < -0.39 is 0 Å². The summed E-state index contributed by atoms with van der Waals surface area (Å²) in [6.07, 6.45) is 2.48. The maximum absolute atomic E-state index is 13.3. The topological polar surface area (TPSA) is 60.2 Å². The molecule has 1 fully saturated rings. The number of aryl methyl sites for hydroxylation is 1. The SMILES string of the molecule is Cc1nnc2n1-c1ccccc1C(c1ccc(Cl)cc1)=C[C@@H]2CC(=O)N1CC(Oc2ccccc2)C1. The van der Waals surface area contributed by atoms with Crippen LogP contribution in [0.3, 0.4) is 0 Å². The Bertz CT molecular complexity index is 1440. The number of carbonyl (C=O) groups is 1. The highest BCUT2D eigenvalue weighted by atomic mass is 35.5. The fraction of sp³-hybridized carbons (Fsp3) is 0.207. The van der Waals surface area contributed by atoms with Crippen molar-refractivity contribution >= 4 is 23.1 Å². The lowest BCUT2D eigenvalue weighted by atomic mass is 9.92. The van der Waals surface area contributed by atoms with E-state index in [1.807, 2.05) is 78.6 Å². The third-order valence-corrected chi connectivity index (χ3v) is 7.03. The highest BCUT2D eigenvalue weighted by Gasteiger charge is 2.35. The minimum Gasteiger partial charge on any atom is -0.487 e. The number of hydrogen-bond acceptors (Lipinski definition) is 4. The summed E-state index contributed by atoms with van der Waals surface area (Å²) in [6.45, 7) is 3.11. The normalized spacial score (nSPS) is 16.9. The van der Waals surface area contributed by atoms with Crippen molar-refractivity contribution < 1.29 is 9.53 Å². The molecule has 2 aliphatic heterocycles. The van der Waals surface area contributed by atoms with E-state index in [2.05, 4.69) is 33.0 Å². The van der Waals surface area contributed by atoms with E-state index in [-0.39, 0.29) is 17.9 Å². The van der Waals surface area contributed by atoms with Gasteiger partial charge in [0.25, 0.3) is 0 Å². The molecule has 0 bridgehead atoms. The van der Waals surface area contributed by atoms with Gasteiger partial charge in [0, 0.05) is 22.9 Å². The van der Waals surface area contributed by atoms with Crippen LogP contribution in [0.4, 0.5) is 0 Å². The molecule has 0 aliphatic carbocycles. The molecule has 0 radical (unpaired) electrons. The second kappa shape index (κ2) is 9.28. The van der Waals surface area contributed by atoms with Gasteiger partial charge in [-0.3, -0.25) is 9.36 Å². The Morgan fingerprint density at radius 1 is 0.972 bits per heavy atom. The van der Waals surface area contributed by atoms with E-state index in [9.17, 15) is 4.79 Å². The first kappa shape index (κ1) is 22.6. The molecule has 1 saturated heterocycles. The summed E-state index contributed by atoms with van der Waals surface area (Å²) in [6, 6.07) is 25.8. The molecule has 3 aromatic carbocycles. The second-order valence-electron chi connectivity index (χ2n) is 9.21. The van der Waals surface area contributed by atoms with Gasteiger partial charge >= 0.3 is 0 Å². The Morgan fingerprint density at radius 3 is 2.47 bits per heavy atom. The van der Waals surface area contributed by atoms with Gasteiger partial charge in [-0.05, 0) is 48.4 Å². The zero-order valence-electron chi connectivity index (χ0n) is 19.8. The maximum Gasteiger partial charge on any atom is 0.223 e. The average molecular weight is 497 g/mol. The number of likely N-dealkylation sites (tertiary alicyclic amines) is 1. The Kier molecular flexibility index (Phi) is 5.82. The maximum atomic E-state index is 13.3. The summed E-state index contributed by atoms with van der Waals surface area (Å²) >= 11 is 6.17. The molecule has 1 amide bonds. The van der Waals surface area contributed by atoms with E-state index in [1.54, 1.807) is 0 Å². The van der Waals surface area contributed by atoms with Crippen molar-refractivity contribution in [2.24, 2.45) is 0 Å². The number of nitrogens with zero attached hydrogens (tertiary/aromatic N) is 4. The molecule has 180 valence electrons. The van der Waals surface area contributed by atoms with Crippen molar-refractivity contribution in [3.63, 3.8) is 0 Å². The molecule has 36 heavy (non-hydrogen) atoms. The molecule has 0 saturated carbocycles. The van der Waals surface area contributed by atoms with Gasteiger partial charge in [0.2, 0.25) is 5.91 Å². The summed E-state index contributed by atoms with van der Waals surface area (Å²) in [5.74, 6) is 2.25. The first-order valence-corrected chi connectivity index (χ1v) is 12.4. The molecule has 7 heteroatoms. The lowest BCUT2D eigenvalue weighted by molar-refractivity contribution is -0.140. The largest absolute Gasteiger partial charge is 0.487 e. The molecule has 2 aliphatic rings. The van der Waals surface area contributed by atoms with Gasteiger partial charge in [-0.15, -0.1) is 10.2 Å². The van der Waals surface area contributed by atoms with Crippen molar-refractivity contribution in [1.82, 2.24) is 19.7 Å². The van der Waals surface area contributed by atoms with Crippen molar-refractivity contribution in [2.45, 2.75) is 25.4 Å². The summed E-state index contributed by atoms with van der Waals surface area (Å²) in [5.41, 5.74) is 4.17. The molecule has 4 aromatic rings.